The normalized spacial score (nSPS) is 15.0. The maximum absolute atomic E-state index is 12.3. The fourth-order valence-corrected chi connectivity index (χ4v) is 2.77. The molecule has 0 spiro atoms. The van der Waals surface area contributed by atoms with Gasteiger partial charge in [-0.1, -0.05) is 0 Å². The van der Waals surface area contributed by atoms with Crippen LogP contribution in [0.15, 0.2) is 30.3 Å². The molecule has 1 aromatic heterocycles. The Morgan fingerprint density at radius 3 is 2.31 bits per heavy atom. The number of benzene rings is 1. The zero-order valence-electron chi connectivity index (χ0n) is 13.8. The van der Waals surface area contributed by atoms with Gasteiger partial charge in [0.25, 0.3) is 5.91 Å². The molecular formula is C17H17F3N4O2. The second kappa shape index (κ2) is 7.19. The highest BCUT2D eigenvalue weighted by atomic mass is 19.4. The molecule has 1 aliphatic rings. The molecule has 0 radical (unpaired) electrons. The van der Waals surface area contributed by atoms with Crippen molar-refractivity contribution in [1.82, 2.24) is 9.97 Å². The Morgan fingerprint density at radius 2 is 1.73 bits per heavy atom. The predicted molar refractivity (Wildman–Crippen MR) is 88.7 cm³/mol. The van der Waals surface area contributed by atoms with E-state index in [-0.39, 0.29) is 11.4 Å². The number of anilines is 1. The van der Waals surface area contributed by atoms with Gasteiger partial charge in [0.05, 0.1) is 5.69 Å². The van der Waals surface area contributed by atoms with Crippen LogP contribution in [-0.2, 0) is 0 Å². The van der Waals surface area contributed by atoms with E-state index in [1.807, 2.05) is 4.90 Å². The van der Waals surface area contributed by atoms with Crippen molar-refractivity contribution in [3.8, 4) is 17.0 Å². The summed E-state index contributed by atoms with van der Waals surface area (Å²) in [6.07, 6.45) is -1.62. The van der Waals surface area contributed by atoms with Crippen molar-refractivity contribution in [1.29, 1.82) is 0 Å². The fourth-order valence-electron chi connectivity index (χ4n) is 2.77. The van der Waals surface area contributed by atoms with Gasteiger partial charge in [-0.05, 0) is 49.6 Å². The Bertz CT molecular complexity index is 788. The minimum absolute atomic E-state index is 0.0613. The highest BCUT2D eigenvalue weighted by Gasteiger charge is 2.31. The summed E-state index contributed by atoms with van der Waals surface area (Å²) in [5.74, 6) is -0.628. The number of rotatable bonds is 4. The van der Waals surface area contributed by atoms with E-state index in [9.17, 15) is 18.0 Å². The predicted octanol–water partition coefficient (Wildman–Crippen LogP) is 3.13. The van der Waals surface area contributed by atoms with Gasteiger partial charge in [0.2, 0.25) is 5.95 Å². The lowest BCUT2D eigenvalue weighted by molar-refractivity contribution is -0.274. The number of aromatic nitrogens is 2. The molecule has 2 N–H and O–H groups in total. The summed E-state index contributed by atoms with van der Waals surface area (Å²) in [4.78, 5) is 22.2. The minimum Gasteiger partial charge on any atom is -0.406 e. The number of hydrogen-bond donors (Lipinski definition) is 1. The van der Waals surface area contributed by atoms with Crippen LogP contribution in [0, 0.1) is 0 Å². The molecule has 2 aromatic rings. The number of nitrogens with two attached hydrogens (primary N) is 1. The Morgan fingerprint density at radius 1 is 1.08 bits per heavy atom. The number of piperidine rings is 1. The lowest BCUT2D eigenvalue weighted by Crippen LogP contribution is -2.31. The smallest absolute Gasteiger partial charge is 0.406 e. The molecule has 6 nitrogen and oxygen atoms in total. The molecule has 1 saturated heterocycles. The van der Waals surface area contributed by atoms with Crippen molar-refractivity contribution in [2.24, 2.45) is 5.73 Å². The summed E-state index contributed by atoms with van der Waals surface area (Å²) in [6, 6.07) is 6.68. The number of primary amides is 1. The molecule has 0 unspecified atom stereocenters. The molecule has 0 atom stereocenters. The number of halogens is 3. The van der Waals surface area contributed by atoms with Crippen molar-refractivity contribution >= 4 is 11.9 Å². The largest absolute Gasteiger partial charge is 0.573 e. The second-order valence-corrected chi connectivity index (χ2v) is 5.92. The van der Waals surface area contributed by atoms with E-state index in [1.165, 1.54) is 30.3 Å². The second-order valence-electron chi connectivity index (χ2n) is 5.92. The Hall–Kier alpha value is -2.84. The van der Waals surface area contributed by atoms with Gasteiger partial charge in [-0.25, -0.2) is 9.97 Å². The standard InChI is InChI=1S/C17H17F3N4O2/c18-17(19,20)26-12-6-4-11(5-7-12)13-10-14(15(21)25)23-16(22-13)24-8-2-1-3-9-24/h4-7,10H,1-3,8-9H2,(H2,21,25). The number of alkyl halides is 3. The minimum atomic E-state index is -4.75. The summed E-state index contributed by atoms with van der Waals surface area (Å²) in [5, 5.41) is 0. The summed E-state index contributed by atoms with van der Waals surface area (Å²) in [7, 11) is 0. The first-order chi connectivity index (χ1) is 12.3. The van der Waals surface area contributed by atoms with Crippen LogP contribution >= 0.6 is 0 Å². The first-order valence-corrected chi connectivity index (χ1v) is 8.12. The average Bonchev–Trinajstić information content (AvgIpc) is 2.61. The quantitative estimate of drug-likeness (QED) is 0.899. The van der Waals surface area contributed by atoms with Gasteiger partial charge < -0.3 is 15.4 Å². The van der Waals surface area contributed by atoms with Crippen LogP contribution in [0.5, 0.6) is 5.75 Å². The van der Waals surface area contributed by atoms with E-state index in [2.05, 4.69) is 14.7 Å². The van der Waals surface area contributed by atoms with Crippen molar-refractivity contribution in [3.63, 3.8) is 0 Å². The molecule has 26 heavy (non-hydrogen) atoms. The van der Waals surface area contributed by atoms with Gasteiger partial charge in [0.1, 0.15) is 11.4 Å². The molecule has 0 saturated carbocycles. The Labute approximate surface area is 147 Å². The Balaban J connectivity index is 1.93. The van der Waals surface area contributed by atoms with Crippen LogP contribution in [-0.4, -0.2) is 35.3 Å². The van der Waals surface area contributed by atoms with Crippen molar-refractivity contribution < 1.29 is 22.7 Å². The summed E-state index contributed by atoms with van der Waals surface area (Å²) in [5.41, 5.74) is 6.36. The van der Waals surface area contributed by atoms with Gasteiger partial charge in [-0.15, -0.1) is 13.2 Å². The molecule has 3 rings (SSSR count). The molecule has 1 aromatic carbocycles. The topological polar surface area (TPSA) is 81.3 Å². The third-order valence-corrected chi connectivity index (χ3v) is 3.99. The highest BCUT2D eigenvalue weighted by Crippen LogP contribution is 2.27. The third kappa shape index (κ3) is 4.41. The first-order valence-electron chi connectivity index (χ1n) is 8.12. The zero-order chi connectivity index (χ0) is 18.7. The third-order valence-electron chi connectivity index (χ3n) is 3.99. The van der Waals surface area contributed by atoms with Gasteiger partial charge in [-0.3, -0.25) is 4.79 Å². The van der Waals surface area contributed by atoms with E-state index >= 15 is 0 Å². The summed E-state index contributed by atoms with van der Waals surface area (Å²) >= 11 is 0. The van der Waals surface area contributed by atoms with Crippen LogP contribution in [0.1, 0.15) is 29.8 Å². The molecule has 1 amide bonds. The molecule has 1 fully saturated rings. The van der Waals surface area contributed by atoms with E-state index in [4.69, 9.17) is 5.73 Å². The van der Waals surface area contributed by atoms with Crippen LogP contribution in [0.3, 0.4) is 0 Å². The summed E-state index contributed by atoms with van der Waals surface area (Å²) < 4.78 is 40.7. The molecule has 138 valence electrons. The van der Waals surface area contributed by atoms with Gasteiger partial charge in [-0.2, -0.15) is 0 Å². The molecular weight excluding hydrogens is 349 g/mol. The number of ether oxygens (including phenoxy) is 1. The molecule has 9 heteroatoms. The van der Waals surface area contributed by atoms with Crippen molar-refractivity contribution in [2.75, 3.05) is 18.0 Å². The van der Waals surface area contributed by atoms with Crippen LogP contribution in [0.25, 0.3) is 11.3 Å². The zero-order valence-corrected chi connectivity index (χ0v) is 13.8. The van der Waals surface area contributed by atoms with Crippen LogP contribution < -0.4 is 15.4 Å². The van der Waals surface area contributed by atoms with Gasteiger partial charge in [0.15, 0.2) is 0 Å². The average molecular weight is 366 g/mol. The van der Waals surface area contributed by atoms with Crippen LogP contribution in [0.2, 0.25) is 0 Å². The monoisotopic (exact) mass is 366 g/mol. The van der Waals surface area contributed by atoms with Crippen molar-refractivity contribution in [2.45, 2.75) is 25.6 Å². The molecule has 2 heterocycles. The lowest BCUT2D eigenvalue weighted by atomic mass is 10.1. The number of carbonyl (C=O) groups excluding carboxylic acids is 1. The SMILES string of the molecule is NC(=O)c1cc(-c2ccc(OC(F)(F)F)cc2)nc(N2CCCCC2)n1. The van der Waals surface area contributed by atoms with E-state index < -0.39 is 12.3 Å². The van der Waals surface area contributed by atoms with Crippen LogP contribution in [0.4, 0.5) is 19.1 Å². The Kier molecular flexibility index (Phi) is 4.97. The van der Waals surface area contributed by atoms with E-state index in [0.717, 1.165) is 32.4 Å². The first kappa shape index (κ1) is 18.0. The lowest BCUT2D eigenvalue weighted by Gasteiger charge is -2.27. The summed E-state index contributed by atoms with van der Waals surface area (Å²) in [6.45, 7) is 1.56. The van der Waals surface area contributed by atoms with Crippen molar-refractivity contribution in [3.05, 3.63) is 36.0 Å². The number of carbonyl (C=O) groups is 1. The molecule has 0 bridgehead atoms. The maximum atomic E-state index is 12.3. The van der Waals surface area contributed by atoms with E-state index in [0.29, 0.717) is 17.2 Å². The molecule has 1 aliphatic heterocycles. The number of hydrogen-bond acceptors (Lipinski definition) is 5. The van der Waals surface area contributed by atoms with Gasteiger partial charge in [0, 0.05) is 18.7 Å². The fraction of sp³-hybridized carbons (Fsp3) is 0.353. The maximum Gasteiger partial charge on any atom is 0.573 e. The number of amides is 1. The van der Waals surface area contributed by atoms with Gasteiger partial charge >= 0.3 is 6.36 Å². The molecule has 0 aliphatic carbocycles. The highest BCUT2D eigenvalue weighted by molar-refractivity contribution is 5.92. The van der Waals surface area contributed by atoms with E-state index in [1.54, 1.807) is 0 Å². The number of nitrogens with zero attached hydrogens (tertiary/aromatic N) is 3.